The number of methoxy groups -OCH3 is 1. The number of carbonyl (C=O) groups excluding carboxylic acids is 3. The van der Waals surface area contributed by atoms with Gasteiger partial charge in [0.2, 0.25) is 11.5 Å². The molecule has 2 rings (SSSR count). The van der Waals surface area contributed by atoms with Gasteiger partial charge in [-0.05, 0) is 6.92 Å². The van der Waals surface area contributed by atoms with E-state index in [9.17, 15) is 19.5 Å². The summed E-state index contributed by atoms with van der Waals surface area (Å²) in [7, 11) is 1.17. The van der Waals surface area contributed by atoms with Crippen molar-refractivity contribution in [1.29, 1.82) is 0 Å². The third kappa shape index (κ3) is 2.54. The van der Waals surface area contributed by atoms with E-state index in [-0.39, 0.29) is 17.8 Å². The number of hydrogen-bond donors (Lipinski definition) is 1. The lowest BCUT2D eigenvalue weighted by Crippen LogP contribution is -2.40. The first-order valence-corrected chi connectivity index (χ1v) is 6.71. The fraction of sp³-hybridized carbons (Fsp3) is 0.467. The highest BCUT2D eigenvalue weighted by molar-refractivity contribution is 6.14. The van der Waals surface area contributed by atoms with E-state index in [0.717, 1.165) is 0 Å². The van der Waals surface area contributed by atoms with Gasteiger partial charge in [0, 0.05) is 17.9 Å². The van der Waals surface area contributed by atoms with Gasteiger partial charge in [-0.2, -0.15) is 0 Å². The van der Waals surface area contributed by atoms with Crippen LogP contribution in [0.15, 0.2) is 21.9 Å². The molecule has 0 unspecified atom stereocenters. The number of ether oxygens (including phenoxy) is 1. The molecular formula is C15H17NO6. The Morgan fingerprint density at radius 1 is 1.45 bits per heavy atom. The largest absolute Gasteiger partial charge is 0.510 e. The maximum atomic E-state index is 12.4. The minimum Gasteiger partial charge on any atom is -0.510 e. The summed E-state index contributed by atoms with van der Waals surface area (Å²) < 4.78 is 9.50. The molecule has 1 aliphatic carbocycles. The van der Waals surface area contributed by atoms with Crippen LogP contribution in [0.3, 0.4) is 0 Å². The van der Waals surface area contributed by atoms with Gasteiger partial charge in [0.15, 0.2) is 5.78 Å². The quantitative estimate of drug-likeness (QED) is 0.515. The number of esters is 1. The first-order chi connectivity index (χ1) is 10.2. The number of allylic oxidation sites excluding steroid dienone is 1. The predicted molar refractivity (Wildman–Crippen MR) is 74.1 cm³/mol. The molecule has 0 radical (unpaired) electrons. The zero-order valence-corrected chi connectivity index (χ0v) is 12.8. The van der Waals surface area contributed by atoms with E-state index in [1.165, 1.54) is 13.2 Å². The van der Waals surface area contributed by atoms with Gasteiger partial charge in [-0.25, -0.2) is 4.79 Å². The minimum atomic E-state index is -1.46. The highest BCUT2D eigenvalue weighted by atomic mass is 16.5. The highest BCUT2D eigenvalue weighted by Gasteiger charge is 2.47. The van der Waals surface area contributed by atoms with Gasteiger partial charge in [-0.1, -0.05) is 19.0 Å². The Hall–Kier alpha value is -2.44. The number of aliphatic hydroxyl groups excluding tert-OH is 1. The Labute approximate surface area is 126 Å². The van der Waals surface area contributed by atoms with E-state index in [0.29, 0.717) is 5.69 Å². The van der Waals surface area contributed by atoms with Crippen molar-refractivity contribution in [3.05, 3.63) is 28.9 Å². The van der Waals surface area contributed by atoms with E-state index in [2.05, 4.69) is 9.89 Å². The molecule has 1 aromatic heterocycles. The standard InChI is InChI=1S/C15H17NO6/c1-7-5-9(22-16-7)12(18)10-8(17)6-15(2,3)11(13(10)19)14(20)21-4/h5,10,19H,6H2,1-4H3/t10-/m1/s1. The average molecular weight is 307 g/mol. The van der Waals surface area contributed by atoms with E-state index in [4.69, 9.17) is 4.52 Å². The Morgan fingerprint density at radius 2 is 2.09 bits per heavy atom. The second-order valence-electron chi connectivity index (χ2n) is 5.91. The van der Waals surface area contributed by atoms with Crippen molar-refractivity contribution in [1.82, 2.24) is 5.16 Å². The summed E-state index contributed by atoms with van der Waals surface area (Å²) in [6, 6.07) is 1.38. The Balaban J connectivity index is 2.53. The highest BCUT2D eigenvalue weighted by Crippen LogP contribution is 2.41. The van der Waals surface area contributed by atoms with Crippen LogP contribution < -0.4 is 0 Å². The second kappa shape index (κ2) is 5.40. The summed E-state index contributed by atoms with van der Waals surface area (Å²) in [5.74, 6) is -4.14. The van der Waals surface area contributed by atoms with Crippen LogP contribution in [0.1, 0.15) is 36.5 Å². The molecule has 0 bridgehead atoms. The number of aromatic nitrogens is 1. The lowest BCUT2D eigenvalue weighted by molar-refractivity contribution is -0.138. The molecular weight excluding hydrogens is 290 g/mol. The predicted octanol–water partition coefficient (Wildman–Crippen LogP) is 1.77. The molecule has 0 amide bonds. The minimum absolute atomic E-state index is 0.0645. The molecule has 0 saturated carbocycles. The summed E-state index contributed by atoms with van der Waals surface area (Å²) in [6.07, 6.45) is -0.0645. The topological polar surface area (TPSA) is 107 Å². The molecule has 7 heteroatoms. The molecule has 0 saturated heterocycles. The fourth-order valence-electron chi connectivity index (χ4n) is 2.64. The molecule has 1 aliphatic rings. The molecule has 7 nitrogen and oxygen atoms in total. The smallest absolute Gasteiger partial charge is 0.337 e. The van der Waals surface area contributed by atoms with Crippen LogP contribution >= 0.6 is 0 Å². The molecule has 1 atom stereocenters. The Kier molecular flexibility index (Phi) is 3.91. The van der Waals surface area contributed by atoms with E-state index < -0.39 is 34.6 Å². The molecule has 118 valence electrons. The lowest BCUT2D eigenvalue weighted by atomic mass is 9.69. The number of nitrogens with zero attached hydrogens (tertiary/aromatic N) is 1. The van der Waals surface area contributed by atoms with Gasteiger partial charge in [-0.3, -0.25) is 9.59 Å². The number of hydrogen-bond acceptors (Lipinski definition) is 7. The second-order valence-corrected chi connectivity index (χ2v) is 5.91. The number of aliphatic hydroxyl groups is 1. The van der Waals surface area contributed by atoms with Crippen molar-refractivity contribution >= 4 is 17.5 Å². The van der Waals surface area contributed by atoms with Gasteiger partial charge in [0.05, 0.1) is 18.4 Å². The van der Waals surface area contributed by atoms with Crippen LogP contribution in [-0.2, 0) is 14.3 Å². The van der Waals surface area contributed by atoms with Crippen LogP contribution in [-0.4, -0.2) is 34.9 Å². The first-order valence-electron chi connectivity index (χ1n) is 6.71. The van der Waals surface area contributed by atoms with E-state index in [1.54, 1.807) is 20.8 Å². The van der Waals surface area contributed by atoms with Crippen LogP contribution in [0, 0.1) is 18.3 Å². The molecule has 1 N–H and O–H groups in total. The van der Waals surface area contributed by atoms with E-state index >= 15 is 0 Å². The van der Waals surface area contributed by atoms with E-state index in [1.807, 2.05) is 0 Å². The van der Waals surface area contributed by atoms with Crippen LogP contribution in [0.2, 0.25) is 0 Å². The van der Waals surface area contributed by atoms with Crippen molar-refractivity contribution in [2.24, 2.45) is 11.3 Å². The maximum Gasteiger partial charge on any atom is 0.337 e. The van der Waals surface area contributed by atoms with Gasteiger partial charge in [0.1, 0.15) is 11.7 Å². The van der Waals surface area contributed by atoms with Crippen molar-refractivity contribution in [2.75, 3.05) is 7.11 Å². The van der Waals surface area contributed by atoms with Crippen LogP contribution in [0.5, 0.6) is 0 Å². The lowest BCUT2D eigenvalue weighted by Gasteiger charge is -2.33. The molecule has 1 heterocycles. The molecule has 0 aliphatic heterocycles. The van der Waals surface area contributed by atoms with Crippen LogP contribution in [0.25, 0.3) is 0 Å². The first kappa shape index (κ1) is 15.9. The normalized spacial score (nSPS) is 20.9. The van der Waals surface area contributed by atoms with Crippen molar-refractivity contribution in [2.45, 2.75) is 27.2 Å². The Bertz CT molecular complexity index is 682. The number of rotatable bonds is 3. The number of ketones is 2. The van der Waals surface area contributed by atoms with Gasteiger partial charge >= 0.3 is 5.97 Å². The number of aryl methyl sites for hydroxylation is 1. The summed E-state index contributed by atoms with van der Waals surface area (Å²) >= 11 is 0. The molecule has 22 heavy (non-hydrogen) atoms. The van der Waals surface area contributed by atoms with Gasteiger partial charge in [0.25, 0.3) is 0 Å². The summed E-state index contributed by atoms with van der Waals surface area (Å²) in [6.45, 7) is 4.89. The number of carbonyl (C=O) groups is 3. The molecule has 0 spiro atoms. The molecule has 0 fully saturated rings. The van der Waals surface area contributed by atoms with Crippen molar-refractivity contribution < 1.29 is 28.8 Å². The van der Waals surface area contributed by atoms with Gasteiger partial charge < -0.3 is 14.4 Å². The zero-order chi connectivity index (χ0) is 16.7. The Morgan fingerprint density at radius 3 is 2.59 bits per heavy atom. The third-order valence-corrected chi connectivity index (χ3v) is 3.67. The maximum absolute atomic E-state index is 12.4. The van der Waals surface area contributed by atoms with Gasteiger partial charge in [-0.15, -0.1) is 0 Å². The summed E-state index contributed by atoms with van der Waals surface area (Å²) in [5.41, 5.74) is -0.504. The van der Waals surface area contributed by atoms with Crippen LogP contribution in [0.4, 0.5) is 0 Å². The third-order valence-electron chi connectivity index (χ3n) is 3.67. The van der Waals surface area contributed by atoms with Crippen molar-refractivity contribution in [3.8, 4) is 0 Å². The average Bonchev–Trinajstić information content (AvgIpc) is 2.83. The molecule has 0 aromatic carbocycles. The fourth-order valence-corrected chi connectivity index (χ4v) is 2.64. The monoisotopic (exact) mass is 307 g/mol. The molecule has 1 aromatic rings. The summed E-state index contributed by atoms with van der Waals surface area (Å²) in [5, 5.41) is 13.9. The zero-order valence-electron chi connectivity index (χ0n) is 12.8. The van der Waals surface area contributed by atoms with Crippen molar-refractivity contribution in [3.63, 3.8) is 0 Å². The number of Topliss-reactive ketones (excluding diaryl/α,β-unsaturated/α-hetero) is 2. The summed E-state index contributed by atoms with van der Waals surface area (Å²) in [4.78, 5) is 36.6. The SMILES string of the molecule is COC(=O)C1=C(O)[C@@H](C(=O)c2cc(C)no2)C(=O)CC1(C)C.